The Bertz CT molecular complexity index is 1460. The number of hydrogen-bond acceptors (Lipinski definition) is 4. The van der Waals surface area contributed by atoms with Crippen LogP contribution in [0, 0.1) is 11.8 Å². The highest BCUT2D eigenvalue weighted by atomic mass is 16.2. The van der Waals surface area contributed by atoms with E-state index >= 15 is 0 Å². The average molecular weight is 533 g/mol. The number of benzene rings is 3. The molecule has 5 rings (SSSR count). The highest BCUT2D eigenvalue weighted by Gasteiger charge is 2.28. The molecule has 0 spiro atoms. The van der Waals surface area contributed by atoms with Crippen LogP contribution >= 0.6 is 0 Å². The maximum absolute atomic E-state index is 13.3. The summed E-state index contributed by atoms with van der Waals surface area (Å²) >= 11 is 0. The van der Waals surface area contributed by atoms with Crippen LogP contribution in [0.1, 0.15) is 61.8 Å². The fourth-order valence-corrected chi connectivity index (χ4v) is 5.26. The van der Waals surface area contributed by atoms with E-state index in [4.69, 9.17) is 0 Å². The summed E-state index contributed by atoms with van der Waals surface area (Å²) in [5, 5.41) is 9.47. The van der Waals surface area contributed by atoms with Crippen molar-refractivity contribution < 1.29 is 9.59 Å². The highest BCUT2D eigenvalue weighted by molar-refractivity contribution is 6.37. The maximum Gasteiger partial charge on any atom is 0.296 e. The summed E-state index contributed by atoms with van der Waals surface area (Å²) in [7, 11) is 0. The molecule has 2 aliphatic rings. The Balaban J connectivity index is 1.42. The van der Waals surface area contributed by atoms with E-state index in [2.05, 4.69) is 57.0 Å². The molecule has 0 bridgehead atoms. The zero-order chi connectivity index (χ0) is 27.9. The Morgan fingerprint density at radius 1 is 0.975 bits per heavy atom. The summed E-state index contributed by atoms with van der Waals surface area (Å²) in [5.74, 6) is 5.15. The average Bonchev–Trinajstić information content (AvgIpc) is 3.61. The highest BCUT2D eigenvalue weighted by Crippen LogP contribution is 2.38. The molecular weight excluding hydrogens is 496 g/mol. The number of rotatable bonds is 8. The Labute approximate surface area is 236 Å². The second-order valence-corrected chi connectivity index (χ2v) is 10.4. The van der Waals surface area contributed by atoms with Gasteiger partial charge in [-0.25, -0.2) is 0 Å². The topological polar surface area (TPSA) is 73.5 Å². The molecule has 0 unspecified atom stereocenters. The van der Waals surface area contributed by atoms with E-state index in [-0.39, 0.29) is 17.9 Å². The number of nitrogens with zero attached hydrogens (tertiary/aromatic N) is 1. The Kier molecular flexibility index (Phi) is 8.63. The van der Waals surface area contributed by atoms with E-state index in [0.717, 1.165) is 55.0 Å². The van der Waals surface area contributed by atoms with Crippen LogP contribution in [0.4, 0.5) is 11.4 Å². The quantitative estimate of drug-likeness (QED) is 0.251. The van der Waals surface area contributed by atoms with Crippen molar-refractivity contribution in [2.45, 2.75) is 52.1 Å². The summed E-state index contributed by atoms with van der Waals surface area (Å²) in [6, 6.07) is 24.1. The van der Waals surface area contributed by atoms with Crippen molar-refractivity contribution >= 4 is 34.5 Å². The SMILES string of the molecule is CCC(CC)NC(=O)C#Cc1ccc2c(c1)NC(=O)C2=C(Nc1ccc(CN2CCCC2)cc1)c1ccccc1. The third-order valence-corrected chi connectivity index (χ3v) is 7.55. The molecule has 2 heterocycles. The molecule has 6 heteroatoms. The summed E-state index contributed by atoms with van der Waals surface area (Å²) in [4.78, 5) is 28.1. The first-order valence-electron chi connectivity index (χ1n) is 14.2. The molecule has 1 saturated heterocycles. The minimum atomic E-state index is -0.291. The van der Waals surface area contributed by atoms with Crippen molar-refractivity contribution in [3.05, 3.63) is 95.1 Å². The van der Waals surface area contributed by atoms with Crippen LogP contribution in [0.25, 0.3) is 11.3 Å². The Morgan fingerprint density at radius 2 is 1.70 bits per heavy atom. The predicted octanol–water partition coefficient (Wildman–Crippen LogP) is 5.87. The number of carbonyl (C=O) groups excluding carboxylic acids is 2. The fraction of sp³-hybridized carbons (Fsp3) is 0.294. The number of nitrogens with one attached hydrogen (secondary N) is 3. The number of likely N-dealkylation sites (tertiary alicyclic amines) is 1. The molecular formula is C34H36N4O2. The van der Waals surface area contributed by atoms with Gasteiger partial charge in [0, 0.05) is 35.3 Å². The van der Waals surface area contributed by atoms with Gasteiger partial charge in [-0.15, -0.1) is 0 Å². The lowest BCUT2D eigenvalue weighted by Crippen LogP contribution is -2.32. The van der Waals surface area contributed by atoms with Gasteiger partial charge in [-0.2, -0.15) is 0 Å². The fourth-order valence-electron chi connectivity index (χ4n) is 5.26. The molecule has 6 nitrogen and oxygen atoms in total. The second-order valence-electron chi connectivity index (χ2n) is 10.4. The lowest BCUT2D eigenvalue weighted by molar-refractivity contribution is -0.116. The molecule has 1 fully saturated rings. The molecule has 3 aromatic carbocycles. The normalized spacial score (nSPS) is 15.7. The first kappa shape index (κ1) is 27.2. The molecule has 204 valence electrons. The van der Waals surface area contributed by atoms with Crippen LogP contribution in [-0.4, -0.2) is 35.8 Å². The molecule has 0 saturated carbocycles. The first-order valence-corrected chi connectivity index (χ1v) is 14.2. The zero-order valence-electron chi connectivity index (χ0n) is 23.2. The van der Waals surface area contributed by atoms with Gasteiger partial charge in [-0.3, -0.25) is 14.5 Å². The smallest absolute Gasteiger partial charge is 0.296 e. The molecule has 3 aromatic rings. The van der Waals surface area contributed by atoms with E-state index in [0.29, 0.717) is 16.8 Å². The Hall–Kier alpha value is -4.34. The number of fused-ring (bicyclic) bond motifs is 1. The Morgan fingerprint density at radius 3 is 2.40 bits per heavy atom. The van der Waals surface area contributed by atoms with Crippen LogP contribution in [0.15, 0.2) is 72.8 Å². The van der Waals surface area contributed by atoms with Crippen LogP contribution in [0.3, 0.4) is 0 Å². The molecule has 0 radical (unpaired) electrons. The number of hydrogen-bond donors (Lipinski definition) is 3. The monoisotopic (exact) mass is 532 g/mol. The van der Waals surface area contributed by atoms with E-state index < -0.39 is 0 Å². The van der Waals surface area contributed by atoms with Crippen molar-refractivity contribution in [1.82, 2.24) is 10.2 Å². The van der Waals surface area contributed by atoms with Crippen molar-refractivity contribution in [3.8, 4) is 11.8 Å². The molecule has 0 aromatic heterocycles. The van der Waals surface area contributed by atoms with E-state index in [1.54, 1.807) is 0 Å². The van der Waals surface area contributed by atoms with E-state index in [9.17, 15) is 9.59 Å². The molecule has 0 atom stereocenters. The summed E-state index contributed by atoms with van der Waals surface area (Å²) in [6.07, 6.45) is 4.28. The van der Waals surface area contributed by atoms with Gasteiger partial charge in [0.05, 0.1) is 17.0 Å². The van der Waals surface area contributed by atoms with Crippen molar-refractivity contribution in [1.29, 1.82) is 0 Å². The van der Waals surface area contributed by atoms with Gasteiger partial charge in [0.15, 0.2) is 0 Å². The van der Waals surface area contributed by atoms with E-state index in [1.165, 1.54) is 18.4 Å². The summed E-state index contributed by atoms with van der Waals surface area (Å²) in [5.41, 5.74) is 6.60. The van der Waals surface area contributed by atoms with Gasteiger partial charge >= 0.3 is 0 Å². The number of carbonyl (C=O) groups is 2. The van der Waals surface area contributed by atoms with Crippen molar-refractivity contribution in [2.75, 3.05) is 23.7 Å². The lowest BCUT2D eigenvalue weighted by Gasteiger charge is -2.17. The minimum absolute atomic E-state index is 0.124. The summed E-state index contributed by atoms with van der Waals surface area (Å²) in [6.45, 7) is 7.38. The number of amides is 2. The molecule has 0 aliphatic carbocycles. The van der Waals surface area contributed by atoms with Gasteiger partial charge in [0.2, 0.25) is 0 Å². The van der Waals surface area contributed by atoms with Crippen LogP contribution < -0.4 is 16.0 Å². The first-order chi connectivity index (χ1) is 19.5. The van der Waals surface area contributed by atoms with Gasteiger partial charge in [0.25, 0.3) is 11.8 Å². The predicted molar refractivity (Wildman–Crippen MR) is 162 cm³/mol. The second kappa shape index (κ2) is 12.7. The van der Waals surface area contributed by atoms with Crippen molar-refractivity contribution in [3.63, 3.8) is 0 Å². The maximum atomic E-state index is 13.3. The van der Waals surface area contributed by atoms with Gasteiger partial charge in [0.1, 0.15) is 0 Å². The van der Waals surface area contributed by atoms with Gasteiger partial charge < -0.3 is 16.0 Å². The standard InChI is InChI=1S/C34H36N4O2/c1-3-27(4-2)35-31(39)19-15-24-14-18-29-30(22-24)37-34(40)32(29)33(26-10-6-5-7-11-26)36-28-16-12-25(13-17-28)23-38-20-8-9-21-38/h5-7,10-14,16-18,22,27,36H,3-4,8-9,20-21,23H2,1-2H3,(H,35,39)(H,37,40). The summed E-state index contributed by atoms with van der Waals surface area (Å²) < 4.78 is 0. The molecule has 2 amide bonds. The molecule has 2 aliphatic heterocycles. The van der Waals surface area contributed by atoms with Gasteiger partial charge in [-0.1, -0.05) is 68.3 Å². The van der Waals surface area contributed by atoms with Crippen molar-refractivity contribution in [2.24, 2.45) is 0 Å². The number of anilines is 2. The third kappa shape index (κ3) is 6.44. The molecule has 3 N–H and O–H groups in total. The van der Waals surface area contributed by atoms with Crippen LogP contribution in [-0.2, 0) is 16.1 Å². The van der Waals surface area contributed by atoms with Gasteiger partial charge in [-0.05, 0) is 74.2 Å². The molecule has 40 heavy (non-hydrogen) atoms. The lowest BCUT2D eigenvalue weighted by atomic mass is 9.99. The third-order valence-electron chi connectivity index (χ3n) is 7.55. The largest absolute Gasteiger partial charge is 0.354 e. The van der Waals surface area contributed by atoms with Crippen LogP contribution in [0.2, 0.25) is 0 Å². The van der Waals surface area contributed by atoms with Crippen LogP contribution in [0.5, 0.6) is 0 Å². The minimum Gasteiger partial charge on any atom is -0.354 e. The zero-order valence-corrected chi connectivity index (χ0v) is 23.2. The van der Waals surface area contributed by atoms with E-state index in [1.807, 2.05) is 62.4 Å².